The van der Waals surface area contributed by atoms with Crippen molar-refractivity contribution < 1.29 is 4.79 Å². The Balaban J connectivity index is 2.93. The van der Waals surface area contributed by atoms with E-state index in [0.29, 0.717) is 0 Å². The van der Waals surface area contributed by atoms with Gasteiger partial charge in [0.05, 0.1) is 5.69 Å². The second kappa shape index (κ2) is 4.23. The number of aryl methyl sites for hydroxylation is 1. The second-order valence-electron chi connectivity index (χ2n) is 3.23. The Morgan fingerprint density at radius 1 is 1.57 bits per heavy atom. The lowest BCUT2D eigenvalue weighted by Crippen LogP contribution is -2.33. The molecule has 14 heavy (non-hydrogen) atoms. The summed E-state index contributed by atoms with van der Waals surface area (Å²) in [5.74, 6) is 4.77. The molecule has 0 saturated carbocycles. The van der Waals surface area contributed by atoms with E-state index in [1.54, 1.807) is 4.68 Å². The third-order valence-corrected chi connectivity index (χ3v) is 2.34. The standard InChI is InChI=1S/C9H16N4O/c1-4-8-6(2)12-13(7(8)3)5-9(14)11-10/h4-5,10H2,1-3H3,(H,11,14). The first-order chi connectivity index (χ1) is 6.60. The van der Waals surface area contributed by atoms with Gasteiger partial charge < -0.3 is 0 Å². The van der Waals surface area contributed by atoms with Gasteiger partial charge in [0.25, 0.3) is 5.91 Å². The predicted octanol–water partition coefficient (Wildman–Crippen LogP) is 0.0522. The van der Waals surface area contributed by atoms with E-state index in [1.807, 2.05) is 13.8 Å². The lowest BCUT2D eigenvalue weighted by atomic mass is 10.1. The molecule has 0 atom stereocenters. The third kappa shape index (κ3) is 1.93. The molecule has 0 aliphatic heterocycles. The average Bonchev–Trinajstić information content (AvgIpc) is 2.42. The summed E-state index contributed by atoms with van der Waals surface area (Å²) >= 11 is 0. The van der Waals surface area contributed by atoms with Gasteiger partial charge in [0.2, 0.25) is 0 Å². The SMILES string of the molecule is CCc1c(C)nn(CC(=O)NN)c1C. The molecule has 0 aliphatic carbocycles. The van der Waals surface area contributed by atoms with Crippen molar-refractivity contribution in [1.82, 2.24) is 15.2 Å². The summed E-state index contributed by atoms with van der Waals surface area (Å²) in [4.78, 5) is 11.0. The molecule has 1 rings (SSSR count). The maximum atomic E-state index is 11.0. The monoisotopic (exact) mass is 196 g/mol. The van der Waals surface area contributed by atoms with Gasteiger partial charge in [-0.25, -0.2) is 5.84 Å². The summed E-state index contributed by atoms with van der Waals surface area (Å²) in [6.07, 6.45) is 0.932. The van der Waals surface area contributed by atoms with Gasteiger partial charge >= 0.3 is 0 Å². The van der Waals surface area contributed by atoms with Crippen LogP contribution in [0.2, 0.25) is 0 Å². The molecule has 1 aromatic heterocycles. The van der Waals surface area contributed by atoms with Crippen molar-refractivity contribution >= 4 is 5.91 Å². The van der Waals surface area contributed by atoms with Crippen molar-refractivity contribution in [3.05, 3.63) is 17.0 Å². The minimum Gasteiger partial charge on any atom is -0.293 e. The minimum absolute atomic E-state index is 0.184. The number of rotatable bonds is 3. The highest BCUT2D eigenvalue weighted by molar-refractivity contribution is 5.74. The van der Waals surface area contributed by atoms with Crippen molar-refractivity contribution in [1.29, 1.82) is 0 Å². The highest BCUT2D eigenvalue weighted by Crippen LogP contribution is 2.12. The van der Waals surface area contributed by atoms with Crippen molar-refractivity contribution in [3.8, 4) is 0 Å². The zero-order valence-corrected chi connectivity index (χ0v) is 8.79. The first-order valence-corrected chi connectivity index (χ1v) is 4.62. The lowest BCUT2D eigenvalue weighted by molar-refractivity contribution is -0.121. The summed E-state index contributed by atoms with van der Waals surface area (Å²) in [5.41, 5.74) is 5.31. The zero-order valence-electron chi connectivity index (χ0n) is 8.79. The Morgan fingerprint density at radius 3 is 2.64 bits per heavy atom. The van der Waals surface area contributed by atoms with Crippen LogP contribution < -0.4 is 11.3 Å². The van der Waals surface area contributed by atoms with E-state index >= 15 is 0 Å². The smallest absolute Gasteiger partial charge is 0.255 e. The Morgan fingerprint density at radius 2 is 2.21 bits per heavy atom. The molecule has 0 aliphatic rings. The first kappa shape index (κ1) is 10.7. The maximum absolute atomic E-state index is 11.0. The molecular formula is C9H16N4O. The normalized spacial score (nSPS) is 10.3. The molecule has 0 spiro atoms. The topological polar surface area (TPSA) is 72.9 Å². The average molecular weight is 196 g/mol. The number of nitrogens with two attached hydrogens (primary N) is 1. The molecule has 0 aromatic carbocycles. The predicted molar refractivity (Wildman–Crippen MR) is 53.4 cm³/mol. The second-order valence-corrected chi connectivity index (χ2v) is 3.23. The summed E-state index contributed by atoms with van der Waals surface area (Å²) < 4.78 is 1.68. The van der Waals surface area contributed by atoms with Gasteiger partial charge in [0, 0.05) is 5.69 Å². The number of hydrogen-bond donors (Lipinski definition) is 2. The van der Waals surface area contributed by atoms with Gasteiger partial charge in [-0.05, 0) is 25.8 Å². The number of hydrogen-bond acceptors (Lipinski definition) is 3. The third-order valence-electron chi connectivity index (χ3n) is 2.34. The number of carbonyl (C=O) groups excluding carboxylic acids is 1. The van der Waals surface area contributed by atoms with Crippen LogP contribution in [-0.4, -0.2) is 15.7 Å². The van der Waals surface area contributed by atoms with Crippen molar-refractivity contribution in [2.75, 3.05) is 0 Å². The van der Waals surface area contributed by atoms with Crippen LogP contribution in [0.15, 0.2) is 0 Å². The fraction of sp³-hybridized carbons (Fsp3) is 0.556. The Hall–Kier alpha value is -1.36. The van der Waals surface area contributed by atoms with Crippen molar-refractivity contribution in [3.63, 3.8) is 0 Å². The Bertz CT molecular complexity index is 343. The molecule has 5 nitrogen and oxygen atoms in total. The fourth-order valence-electron chi connectivity index (χ4n) is 1.58. The van der Waals surface area contributed by atoms with Crippen LogP contribution in [0.4, 0.5) is 0 Å². The highest BCUT2D eigenvalue weighted by Gasteiger charge is 2.11. The first-order valence-electron chi connectivity index (χ1n) is 4.62. The number of amides is 1. The Kier molecular flexibility index (Phi) is 3.24. The zero-order chi connectivity index (χ0) is 10.7. The van der Waals surface area contributed by atoms with E-state index in [-0.39, 0.29) is 12.5 Å². The molecule has 0 unspecified atom stereocenters. The van der Waals surface area contributed by atoms with Crippen LogP contribution in [0.25, 0.3) is 0 Å². The van der Waals surface area contributed by atoms with Gasteiger partial charge in [0.15, 0.2) is 0 Å². The Labute approximate surface area is 83.2 Å². The number of hydrazine groups is 1. The van der Waals surface area contributed by atoms with E-state index in [0.717, 1.165) is 17.8 Å². The van der Waals surface area contributed by atoms with Gasteiger partial charge in [-0.3, -0.25) is 14.9 Å². The van der Waals surface area contributed by atoms with Gasteiger partial charge in [-0.1, -0.05) is 6.92 Å². The molecule has 1 aromatic rings. The summed E-state index contributed by atoms with van der Waals surface area (Å²) in [6.45, 7) is 6.17. The minimum atomic E-state index is -0.238. The van der Waals surface area contributed by atoms with Crippen LogP contribution in [0.3, 0.4) is 0 Å². The lowest BCUT2D eigenvalue weighted by Gasteiger charge is -2.03. The summed E-state index contributed by atoms with van der Waals surface area (Å²) in [5, 5.41) is 4.27. The molecular weight excluding hydrogens is 180 g/mol. The van der Waals surface area contributed by atoms with E-state index in [2.05, 4.69) is 17.4 Å². The van der Waals surface area contributed by atoms with Gasteiger partial charge in [-0.15, -0.1) is 0 Å². The number of nitrogens with one attached hydrogen (secondary N) is 1. The van der Waals surface area contributed by atoms with Crippen LogP contribution >= 0.6 is 0 Å². The van der Waals surface area contributed by atoms with Crippen molar-refractivity contribution in [2.45, 2.75) is 33.7 Å². The number of nitrogens with zero attached hydrogens (tertiary/aromatic N) is 2. The highest BCUT2D eigenvalue weighted by atomic mass is 16.2. The fourth-order valence-corrected chi connectivity index (χ4v) is 1.58. The van der Waals surface area contributed by atoms with Crippen LogP contribution in [0.1, 0.15) is 23.9 Å². The molecule has 0 radical (unpaired) electrons. The van der Waals surface area contributed by atoms with E-state index in [9.17, 15) is 4.79 Å². The maximum Gasteiger partial charge on any atom is 0.255 e. The molecule has 3 N–H and O–H groups in total. The van der Waals surface area contributed by atoms with Crippen LogP contribution in [-0.2, 0) is 17.8 Å². The van der Waals surface area contributed by atoms with Crippen LogP contribution in [0, 0.1) is 13.8 Å². The molecule has 5 heteroatoms. The molecule has 78 valence electrons. The molecule has 0 saturated heterocycles. The summed E-state index contributed by atoms with van der Waals surface area (Å²) in [7, 11) is 0. The van der Waals surface area contributed by atoms with E-state index < -0.39 is 0 Å². The largest absolute Gasteiger partial charge is 0.293 e. The van der Waals surface area contributed by atoms with E-state index in [1.165, 1.54) is 5.56 Å². The molecule has 0 bridgehead atoms. The quantitative estimate of drug-likeness (QED) is 0.407. The number of carbonyl (C=O) groups is 1. The summed E-state index contributed by atoms with van der Waals surface area (Å²) in [6, 6.07) is 0. The molecule has 1 heterocycles. The van der Waals surface area contributed by atoms with Crippen LogP contribution in [0.5, 0.6) is 0 Å². The van der Waals surface area contributed by atoms with Gasteiger partial charge in [-0.2, -0.15) is 5.10 Å². The van der Waals surface area contributed by atoms with E-state index in [4.69, 9.17) is 5.84 Å². The van der Waals surface area contributed by atoms with Gasteiger partial charge in [0.1, 0.15) is 6.54 Å². The number of aromatic nitrogens is 2. The van der Waals surface area contributed by atoms with Crippen molar-refractivity contribution in [2.24, 2.45) is 5.84 Å². The molecule has 1 amide bonds. The molecule has 0 fully saturated rings.